The van der Waals surface area contributed by atoms with E-state index < -0.39 is 12.0 Å². The molecule has 1 N–H and O–H groups in total. The van der Waals surface area contributed by atoms with Crippen LogP contribution in [0.3, 0.4) is 0 Å². The van der Waals surface area contributed by atoms with Crippen LogP contribution >= 0.6 is 0 Å². The predicted octanol–water partition coefficient (Wildman–Crippen LogP) is 3.50. The number of aryl methyl sites for hydroxylation is 2. The molecule has 28 heavy (non-hydrogen) atoms. The SMILES string of the molecule is Cc1nc2cnccc2n1CCCCC(C)C(=O)N(C)[C@@H](CC(C)C)C(=O)O. The van der Waals surface area contributed by atoms with Crippen molar-refractivity contribution in [3.05, 3.63) is 24.3 Å². The smallest absolute Gasteiger partial charge is 0.326 e. The highest BCUT2D eigenvalue weighted by molar-refractivity contribution is 5.84. The number of unbranched alkanes of at least 4 members (excludes halogenated alkanes) is 1. The van der Waals surface area contributed by atoms with Gasteiger partial charge in [0.2, 0.25) is 5.91 Å². The number of carboxylic acids is 1. The number of aliphatic carboxylic acids is 1. The lowest BCUT2D eigenvalue weighted by atomic mass is 9.98. The number of carboxylic acid groups (broad SMARTS) is 1. The number of nitrogens with zero attached hydrogens (tertiary/aromatic N) is 4. The van der Waals surface area contributed by atoms with Crippen LogP contribution in [0.4, 0.5) is 0 Å². The van der Waals surface area contributed by atoms with E-state index in [0.717, 1.165) is 42.7 Å². The van der Waals surface area contributed by atoms with Gasteiger partial charge in [0.15, 0.2) is 0 Å². The molecule has 2 aromatic rings. The molecular weight excluding hydrogens is 356 g/mol. The van der Waals surface area contributed by atoms with Crippen molar-refractivity contribution in [1.29, 1.82) is 0 Å². The number of pyridine rings is 1. The topological polar surface area (TPSA) is 88.3 Å². The Morgan fingerprint density at radius 1 is 1.25 bits per heavy atom. The van der Waals surface area contributed by atoms with Crippen LogP contribution in [-0.4, -0.2) is 49.5 Å². The van der Waals surface area contributed by atoms with Gasteiger partial charge in [-0.15, -0.1) is 0 Å². The summed E-state index contributed by atoms with van der Waals surface area (Å²) in [5.41, 5.74) is 1.98. The maximum absolute atomic E-state index is 12.7. The summed E-state index contributed by atoms with van der Waals surface area (Å²) in [6, 6.07) is 1.21. The van der Waals surface area contributed by atoms with Gasteiger partial charge in [0.1, 0.15) is 17.4 Å². The van der Waals surface area contributed by atoms with Crippen molar-refractivity contribution in [3.63, 3.8) is 0 Å². The molecule has 2 rings (SSSR count). The Kier molecular flexibility index (Phi) is 7.54. The molecule has 0 saturated heterocycles. The van der Waals surface area contributed by atoms with Gasteiger partial charge in [-0.2, -0.15) is 0 Å². The largest absolute Gasteiger partial charge is 0.480 e. The summed E-state index contributed by atoms with van der Waals surface area (Å²) in [5, 5.41) is 9.45. The number of carbonyl (C=O) groups excluding carboxylic acids is 1. The van der Waals surface area contributed by atoms with Gasteiger partial charge in [0.05, 0.1) is 11.7 Å². The minimum absolute atomic E-state index is 0.0941. The van der Waals surface area contributed by atoms with Crippen LogP contribution in [0.25, 0.3) is 11.0 Å². The van der Waals surface area contributed by atoms with E-state index in [-0.39, 0.29) is 17.7 Å². The van der Waals surface area contributed by atoms with Crippen molar-refractivity contribution >= 4 is 22.9 Å². The van der Waals surface area contributed by atoms with Crippen LogP contribution < -0.4 is 0 Å². The first-order chi connectivity index (χ1) is 13.2. The second kappa shape index (κ2) is 9.66. The molecule has 0 aliphatic carbocycles. The van der Waals surface area contributed by atoms with Crippen molar-refractivity contribution in [2.45, 2.75) is 66.0 Å². The summed E-state index contributed by atoms with van der Waals surface area (Å²) < 4.78 is 2.18. The van der Waals surface area contributed by atoms with Gasteiger partial charge in [-0.25, -0.2) is 9.78 Å². The molecule has 0 fully saturated rings. The van der Waals surface area contributed by atoms with Crippen molar-refractivity contribution in [1.82, 2.24) is 19.4 Å². The van der Waals surface area contributed by atoms with Crippen molar-refractivity contribution in [2.75, 3.05) is 7.05 Å². The molecule has 0 aliphatic heterocycles. The Labute approximate surface area is 166 Å². The second-order valence-corrected chi connectivity index (χ2v) is 8.00. The Morgan fingerprint density at radius 2 is 1.96 bits per heavy atom. The zero-order valence-electron chi connectivity index (χ0n) is 17.6. The molecule has 1 unspecified atom stereocenters. The molecule has 0 spiro atoms. The maximum atomic E-state index is 12.7. The van der Waals surface area contributed by atoms with Crippen LogP contribution in [0.5, 0.6) is 0 Å². The summed E-state index contributed by atoms with van der Waals surface area (Å²) in [7, 11) is 1.61. The van der Waals surface area contributed by atoms with Crippen LogP contribution in [0.2, 0.25) is 0 Å². The number of fused-ring (bicyclic) bond motifs is 1. The third-order valence-corrected chi connectivity index (χ3v) is 5.23. The van der Waals surface area contributed by atoms with Gasteiger partial charge in [-0.3, -0.25) is 9.78 Å². The van der Waals surface area contributed by atoms with Gasteiger partial charge in [0.25, 0.3) is 0 Å². The Morgan fingerprint density at radius 3 is 2.61 bits per heavy atom. The van der Waals surface area contributed by atoms with E-state index in [0.29, 0.717) is 6.42 Å². The first kappa shape index (κ1) is 21.9. The lowest BCUT2D eigenvalue weighted by Crippen LogP contribution is -2.45. The average molecular weight is 389 g/mol. The summed E-state index contributed by atoms with van der Waals surface area (Å²) in [5.74, 6) is -0.0409. The van der Waals surface area contributed by atoms with E-state index in [1.165, 1.54) is 4.90 Å². The van der Waals surface area contributed by atoms with Gasteiger partial charge in [-0.1, -0.05) is 27.2 Å². The standard InChI is InChI=1S/C21H32N4O3/c1-14(2)12-19(21(27)28)24(5)20(26)15(3)8-6-7-11-25-16(4)23-17-13-22-10-9-18(17)25/h9-10,13-15,19H,6-8,11-12H2,1-5H3,(H,27,28)/t15?,19-/m0/s1. The number of likely N-dealkylation sites (N-methyl/N-ethyl adjacent to an activating group) is 1. The quantitative estimate of drug-likeness (QED) is 0.629. The first-order valence-corrected chi connectivity index (χ1v) is 9.98. The molecule has 2 aromatic heterocycles. The summed E-state index contributed by atoms with van der Waals surface area (Å²) in [4.78, 5) is 34.2. The number of imidazole rings is 1. The molecule has 0 aromatic carbocycles. The van der Waals surface area contributed by atoms with Crippen molar-refractivity contribution in [2.24, 2.45) is 11.8 Å². The Hall–Kier alpha value is -2.44. The highest BCUT2D eigenvalue weighted by atomic mass is 16.4. The highest BCUT2D eigenvalue weighted by Gasteiger charge is 2.29. The van der Waals surface area contributed by atoms with Gasteiger partial charge < -0.3 is 14.6 Å². The number of carbonyl (C=O) groups is 2. The van der Waals surface area contributed by atoms with E-state index in [2.05, 4.69) is 14.5 Å². The van der Waals surface area contributed by atoms with Gasteiger partial charge in [-0.05, 0) is 38.2 Å². The zero-order chi connectivity index (χ0) is 20.8. The molecule has 0 aliphatic rings. The van der Waals surface area contributed by atoms with E-state index >= 15 is 0 Å². The van der Waals surface area contributed by atoms with Crippen molar-refractivity contribution in [3.8, 4) is 0 Å². The summed E-state index contributed by atoms with van der Waals surface area (Å²) in [6.45, 7) is 8.65. The number of rotatable bonds is 10. The lowest BCUT2D eigenvalue weighted by molar-refractivity contribution is -0.151. The fourth-order valence-electron chi connectivity index (χ4n) is 3.60. The molecular formula is C21H32N4O3. The van der Waals surface area contributed by atoms with E-state index in [4.69, 9.17) is 0 Å². The average Bonchev–Trinajstić information content (AvgIpc) is 2.96. The lowest BCUT2D eigenvalue weighted by Gasteiger charge is -2.28. The first-order valence-electron chi connectivity index (χ1n) is 9.98. The minimum Gasteiger partial charge on any atom is -0.480 e. The maximum Gasteiger partial charge on any atom is 0.326 e. The molecule has 1 amide bonds. The van der Waals surface area contributed by atoms with Gasteiger partial charge in [0, 0.05) is 25.7 Å². The van der Waals surface area contributed by atoms with E-state index in [9.17, 15) is 14.7 Å². The molecule has 154 valence electrons. The molecule has 7 nitrogen and oxygen atoms in total. The predicted molar refractivity (Wildman–Crippen MR) is 109 cm³/mol. The number of amides is 1. The van der Waals surface area contributed by atoms with Crippen molar-refractivity contribution < 1.29 is 14.7 Å². The molecule has 0 radical (unpaired) electrons. The zero-order valence-corrected chi connectivity index (χ0v) is 17.6. The fourth-order valence-corrected chi connectivity index (χ4v) is 3.60. The molecule has 7 heteroatoms. The van der Waals surface area contributed by atoms with E-state index in [1.54, 1.807) is 19.4 Å². The minimum atomic E-state index is -0.936. The van der Waals surface area contributed by atoms with Crippen LogP contribution in [0, 0.1) is 18.8 Å². The Balaban J connectivity index is 1.87. The van der Waals surface area contributed by atoms with Gasteiger partial charge >= 0.3 is 5.97 Å². The fraction of sp³-hybridized carbons (Fsp3) is 0.619. The van der Waals surface area contributed by atoms with Crippen LogP contribution in [-0.2, 0) is 16.1 Å². The van der Waals surface area contributed by atoms with Crippen LogP contribution in [0.1, 0.15) is 52.3 Å². The second-order valence-electron chi connectivity index (χ2n) is 8.00. The molecule has 2 atom stereocenters. The summed E-state index contributed by atoms with van der Waals surface area (Å²) in [6.07, 6.45) is 6.58. The number of hydrogen-bond donors (Lipinski definition) is 1. The summed E-state index contributed by atoms with van der Waals surface area (Å²) >= 11 is 0. The Bertz CT molecular complexity index is 815. The molecule has 0 saturated carbocycles. The third kappa shape index (κ3) is 5.30. The third-order valence-electron chi connectivity index (χ3n) is 5.23. The van der Waals surface area contributed by atoms with E-state index in [1.807, 2.05) is 33.8 Å². The number of aromatic nitrogens is 3. The molecule has 2 heterocycles. The molecule has 0 bridgehead atoms. The highest BCUT2D eigenvalue weighted by Crippen LogP contribution is 2.19. The van der Waals surface area contributed by atoms with Crippen LogP contribution in [0.15, 0.2) is 18.5 Å². The normalized spacial score (nSPS) is 13.6. The monoisotopic (exact) mass is 388 g/mol. The number of hydrogen-bond acceptors (Lipinski definition) is 4.